The Morgan fingerprint density at radius 3 is 2.26 bits per heavy atom. The predicted molar refractivity (Wildman–Crippen MR) is 166 cm³/mol. The third-order valence-corrected chi connectivity index (χ3v) is 6.92. The molecule has 1 unspecified atom stereocenters. The molecule has 0 spiro atoms. The van der Waals surface area contributed by atoms with Crippen LogP contribution in [0.15, 0.2) is 73.1 Å². The molecule has 6 rings (SSSR count). The Hall–Kier alpha value is -5.03. The molecule has 0 fully saturated rings. The average Bonchev–Trinajstić information content (AvgIpc) is 3.65. The van der Waals surface area contributed by atoms with E-state index in [9.17, 15) is 0 Å². The van der Waals surface area contributed by atoms with Gasteiger partial charge < -0.3 is 40.0 Å². The van der Waals surface area contributed by atoms with Crippen LogP contribution in [0.4, 0.5) is 22.7 Å². The lowest BCUT2D eigenvalue weighted by Gasteiger charge is -2.13. The van der Waals surface area contributed by atoms with Crippen LogP contribution in [0.3, 0.4) is 0 Å². The standard InChI is InChI=1S/C31H34N8O3/c1-32-20-4-8-24-28(16-20)37-30(35-24)26-10-6-22(18-33-26)41-14-12-40-13-15-42-23-7-11-27(34-19-23)31-36-25-9-5-21(39(2)3)17-29(25)38-31/h4-11,16-19,31-32,36,38H,12-15H2,1-3H3,(H,35,37). The van der Waals surface area contributed by atoms with Crippen molar-refractivity contribution in [2.75, 3.05) is 68.4 Å². The first kappa shape index (κ1) is 27.2. The largest absolute Gasteiger partial charge is 0.490 e. The summed E-state index contributed by atoms with van der Waals surface area (Å²) >= 11 is 0. The molecular weight excluding hydrogens is 532 g/mol. The van der Waals surface area contributed by atoms with Crippen LogP contribution in [0.5, 0.6) is 11.5 Å². The Bertz CT molecular complexity index is 1640. The maximum atomic E-state index is 5.79. The number of H-pyrrole nitrogens is 1. The summed E-state index contributed by atoms with van der Waals surface area (Å²) in [6.07, 6.45) is 3.34. The van der Waals surface area contributed by atoms with Crippen LogP contribution in [-0.4, -0.2) is 67.5 Å². The van der Waals surface area contributed by atoms with Crippen molar-refractivity contribution >= 4 is 33.8 Å². The summed E-state index contributed by atoms with van der Waals surface area (Å²) in [6.45, 7) is 1.71. The minimum atomic E-state index is -0.0849. The second-order valence-corrected chi connectivity index (χ2v) is 10.0. The van der Waals surface area contributed by atoms with Gasteiger partial charge in [0.05, 0.1) is 53.7 Å². The third-order valence-electron chi connectivity index (χ3n) is 6.92. The van der Waals surface area contributed by atoms with E-state index in [1.165, 1.54) is 0 Å². The number of nitrogens with zero attached hydrogens (tertiary/aromatic N) is 4. The molecule has 42 heavy (non-hydrogen) atoms. The average molecular weight is 567 g/mol. The number of aromatic nitrogens is 4. The van der Waals surface area contributed by atoms with Crippen LogP contribution >= 0.6 is 0 Å². The van der Waals surface area contributed by atoms with E-state index in [0.717, 1.165) is 45.2 Å². The van der Waals surface area contributed by atoms with Crippen molar-refractivity contribution in [3.63, 3.8) is 0 Å². The number of hydrogen-bond donors (Lipinski definition) is 4. The summed E-state index contributed by atoms with van der Waals surface area (Å²) in [7, 11) is 5.95. The van der Waals surface area contributed by atoms with Crippen LogP contribution in [0.1, 0.15) is 11.9 Å². The summed E-state index contributed by atoms with van der Waals surface area (Å²) in [5.41, 5.74) is 7.78. The lowest BCUT2D eigenvalue weighted by atomic mass is 10.2. The van der Waals surface area contributed by atoms with E-state index < -0.39 is 0 Å². The molecule has 4 heterocycles. The number of aromatic amines is 1. The fraction of sp³-hybridized carbons (Fsp3) is 0.258. The zero-order valence-electron chi connectivity index (χ0n) is 23.8. The monoisotopic (exact) mass is 566 g/mol. The van der Waals surface area contributed by atoms with E-state index in [2.05, 4.69) is 59.0 Å². The molecule has 2 aromatic carbocycles. The van der Waals surface area contributed by atoms with Gasteiger partial charge in [-0.1, -0.05) is 0 Å². The molecule has 1 aliphatic rings. The van der Waals surface area contributed by atoms with Crippen molar-refractivity contribution < 1.29 is 14.2 Å². The summed E-state index contributed by atoms with van der Waals surface area (Å²) < 4.78 is 17.2. The molecule has 0 saturated carbocycles. The smallest absolute Gasteiger partial charge is 0.157 e. The van der Waals surface area contributed by atoms with Gasteiger partial charge in [-0.3, -0.25) is 4.98 Å². The number of pyridine rings is 2. The summed E-state index contributed by atoms with van der Waals surface area (Å²) in [6, 6.07) is 19.9. The van der Waals surface area contributed by atoms with Gasteiger partial charge in [0.2, 0.25) is 0 Å². The van der Waals surface area contributed by atoms with Crippen molar-refractivity contribution in [3.05, 3.63) is 78.8 Å². The molecule has 0 saturated heterocycles. The van der Waals surface area contributed by atoms with Crippen LogP contribution < -0.4 is 30.3 Å². The number of ether oxygens (including phenoxy) is 3. The van der Waals surface area contributed by atoms with Crippen LogP contribution in [0.2, 0.25) is 0 Å². The van der Waals surface area contributed by atoms with Crippen molar-refractivity contribution in [2.45, 2.75) is 6.17 Å². The van der Waals surface area contributed by atoms with Crippen molar-refractivity contribution in [2.24, 2.45) is 0 Å². The fourth-order valence-corrected chi connectivity index (χ4v) is 4.63. The summed E-state index contributed by atoms with van der Waals surface area (Å²) in [5, 5.41) is 10.1. The van der Waals surface area contributed by atoms with Gasteiger partial charge in [-0.25, -0.2) is 9.97 Å². The number of nitrogens with one attached hydrogen (secondary N) is 4. The second kappa shape index (κ2) is 12.2. The van der Waals surface area contributed by atoms with Crippen molar-refractivity contribution in [3.8, 4) is 23.0 Å². The lowest BCUT2D eigenvalue weighted by Crippen LogP contribution is -2.14. The number of imidazole rings is 1. The zero-order chi connectivity index (χ0) is 28.9. The van der Waals surface area contributed by atoms with Crippen LogP contribution in [-0.2, 0) is 4.74 Å². The molecule has 0 aliphatic carbocycles. The number of fused-ring (bicyclic) bond motifs is 2. The third kappa shape index (κ3) is 6.16. The summed E-state index contributed by atoms with van der Waals surface area (Å²) in [5.74, 6) is 2.09. The first-order chi connectivity index (χ1) is 20.6. The van der Waals surface area contributed by atoms with E-state index in [1.807, 2.05) is 63.6 Å². The molecule has 1 atom stereocenters. The first-order valence-corrected chi connectivity index (χ1v) is 13.8. The highest BCUT2D eigenvalue weighted by Crippen LogP contribution is 2.37. The Kier molecular flexibility index (Phi) is 7.91. The predicted octanol–water partition coefficient (Wildman–Crippen LogP) is 5.14. The van der Waals surface area contributed by atoms with Gasteiger partial charge in [-0.2, -0.15) is 0 Å². The molecule has 4 N–H and O–H groups in total. The minimum Gasteiger partial charge on any atom is -0.490 e. The SMILES string of the molecule is CNc1ccc2nc(-c3ccc(OCCOCCOc4ccc(C5Nc6ccc(N(C)C)cc6N5)nc4)cn3)[nH]c2c1. The van der Waals surface area contributed by atoms with E-state index in [4.69, 9.17) is 14.2 Å². The molecule has 5 aromatic rings. The number of benzene rings is 2. The molecule has 216 valence electrons. The maximum absolute atomic E-state index is 5.79. The van der Waals surface area contributed by atoms with Crippen molar-refractivity contribution in [1.82, 2.24) is 19.9 Å². The topological polar surface area (TPSA) is 121 Å². The Labute approximate surface area is 244 Å². The zero-order valence-corrected chi connectivity index (χ0v) is 23.8. The maximum Gasteiger partial charge on any atom is 0.157 e. The molecule has 0 bridgehead atoms. The Morgan fingerprint density at radius 2 is 1.57 bits per heavy atom. The number of rotatable bonds is 12. The van der Waals surface area contributed by atoms with Gasteiger partial charge in [-0.15, -0.1) is 0 Å². The highest BCUT2D eigenvalue weighted by Gasteiger charge is 2.22. The molecule has 3 aromatic heterocycles. The Balaban J connectivity index is 0.891. The second-order valence-electron chi connectivity index (χ2n) is 10.0. The van der Waals surface area contributed by atoms with Gasteiger partial charge >= 0.3 is 0 Å². The number of hydrogen-bond acceptors (Lipinski definition) is 10. The van der Waals surface area contributed by atoms with E-state index in [1.54, 1.807) is 12.4 Å². The van der Waals surface area contributed by atoms with E-state index in [0.29, 0.717) is 43.8 Å². The molecule has 0 radical (unpaired) electrons. The first-order valence-electron chi connectivity index (χ1n) is 13.8. The van der Waals surface area contributed by atoms with Gasteiger partial charge in [-0.05, 0) is 60.7 Å². The lowest BCUT2D eigenvalue weighted by molar-refractivity contribution is 0.0762. The minimum absolute atomic E-state index is 0.0849. The molecule has 11 heteroatoms. The van der Waals surface area contributed by atoms with E-state index in [-0.39, 0.29) is 6.17 Å². The summed E-state index contributed by atoms with van der Waals surface area (Å²) in [4.78, 5) is 19.1. The Morgan fingerprint density at radius 1 is 0.810 bits per heavy atom. The fourth-order valence-electron chi connectivity index (χ4n) is 4.63. The van der Waals surface area contributed by atoms with Crippen LogP contribution in [0.25, 0.3) is 22.6 Å². The van der Waals surface area contributed by atoms with Gasteiger partial charge in [0, 0.05) is 32.5 Å². The van der Waals surface area contributed by atoms with Crippen molar-refractivity contribution in [1.29, 1.82) is 0 Å². The van der Waals surface area contributed by atoms with Crippen LogP contribution in [0, 0.1) is 0 Å². The molecule has 1 aliphatic heterocycles. The highest BCUT2D eigenvalue weighted by atomic mass is 16.5. The normalized spacial score (nSPS) is 13.7. The molecule has 11 nitrogen and oxygen atoms in total. The van der Waals surface area contributed by atoms with Gasteiger partial charge in [0.15, 0.2) is 5.82 Å². The highest BCUT2D eigenvalue weighted by molar-refractivity contribution is 5.82. The number of anilines is 4. The van der Waals surface area contributed by atoms with E-state index >= 15 is 0 Å². The van der Waals surface area contributed by atoms with Gasteiger partial charge in [0.1, 0.15) is 36.6 Å². The van der Waals surface area contributed by atoms with Gasteiger partial charge in [0.25, 0.3) is 0 Å². The quantitative estimate of drug-likeness (QED) is 0.151. The molecule has 0 amide bonds. The molecular formula is C31H34N8O3.